The van der Waals surface area contributed by atoms with Crippen molar-refractivity contribution in [3.8, 4) is 0 Å². The molecule has 1 aliphatic heterocycles. The number of carbonyl (C=O) groups is 2. The maximum atomic E-state index is 12.6. The van der Waals surface area contributed by atoms with E-state index in [1.165, 1.54) is 10.5 Å². The minimum Gasteiger partial charge on any atom is -0.459 e. The van der Waals surface area contributed by atoms with E-state index in [9.17, 15) is 14.4 Å². The van der Waals surface area contributed by atoms with Crippen LogP contribution in [0.15, 0.2) is 59.4 Å². The van der Waals surface area contributed by atoms with Crippen LogP contribution in [0.4, 0.5) is 0 Å². The van der Waals surface area contributed by atoms with Gasteiger partial charge in [0.05, 0.1) is 17.7 Å². The molecule has 154 valence electrons. The summed E-state index contributed by atoms with van der Waals surface area (Å²) in [7, 11) is 0. The Kier molecular flexibility index (Phi) is 5.35. The molecular formula is C23H23N3O4. The Balaban J connectivity index is 1.42. The molecule has 3 aromatic rings. The first kappa shape index (κ1) is 19.8. The highest BCUT2D eigenvalue weighted by Gasteiger charge is 2.37. The fourth-order valence-electron chi connectivity index (χ4n) is 3.88. The van der Waals surface area contributed by atoms with Crippen molar-refractivity contribution in [1.29, 1.82) is 0 Å². The molecular weight excluding hydrogens is 382 g/mol. The van der Waals surface area contributed by atoms with E-state index in [2.05, 4.69) is 4.98 Å². The molecule has 2 atom stereocenters. The second-order valence-electron chi connectivity index (χ2n) is 7.59. The second kappa shape index (κ2) is 8.10. The van der Waals surface area contributed by atoms with Crippen LogP contribution in [-0.4, -0.2) is 32.7 Å². The highest BCUT2D eigenvalue weighted by atomic mass is 16.5. The number of carbonyl (C=O) groups excluding carboxylic acids is 2. The number of likely N-dealkylation sites (tertiary alicyclic amines) is 1. The molecule has 4 rings (SSSR count). The topological polar surface area (TPSA) is 81.0 Å². The Morgan fingerprint density at radius 1 is 1.17 bits per heavy atom. The molecule has 7 nitrogen and oxygen atoms in total. The lowest BCUT2D eigenvalue weighted by Crippen LogP contribution is -2.29. The van der Waals surface area contributed by atoms with E-state index in [4.69, 9.17) is 4.74 Å². The molecule has 1 aliphatic rings. The number of aromatic nitrogens is 2. The van der Waals surface area contributed by atoms with Gasteiger partial charge in [0.1, 0.15) is 12.3 Å². The van der Waals surface area contributed by atoms with Gasteiger partial charge in [-0.05, 0) is 31.5 Å². The van der Waals surface area contributed by atoms with E-state index < -0.39 is 11.9 Å². The monoisotopic (exact) mass is 405 g/mol. The predicted molar refractivity (Wildman–Crippen MR) is 111 cm³/mol. The third-order valence-electron chi connectivity index (χ3n) is 5.54. The second-order valence-corrected chi connectivity index (χ2v) is 7.59. The molecule has 30 heavy (non-hydrogen) atoms. The van der Waals surface area contributed by atoms with Crippen LogP contribution in [0.25, 0.3) is 5.65 Å². The van der Waals surface area contributed by atoms with Gasteiger partial charge >= 0.3 is 5.97 Å². The number of hydrogen-bond acceptors (Lipinski definition) is 5. The van der Waals surface area contributed by atoms with Gasteiger partial charge in [-0.2, -0.15) is 0 Å². The van der Waals surface area contributed by atoms with Gasteiger partial charge in [0.25, 0.3) is 5.56 Å². The summed E-state index contributed by atoms with van der Waals surface area (Å²) in [5.41, 5.74) is 2.48. The molecule has 1 aromatic carbocycles. The Labute approximate surface area is 173 Å². The van der Waals surface area contributed by atoms with E-state index in [0.717, 1.165) is 11.3 Å². The summed E-state index contributed by atoms with van der Waals surface area (Å²) in [6, 6.07) is 16.4. The van der Waals surface area contributed by atoms with Crippen molar-refractivity contribution >= 4 is 17.5 Å². The van der Waals surface area contributed by atoms with Gasteiger partial charge in [-0.1, -0.05) is 36.4 Å². The van der Waals surface area contributed by atoms with Crippen molar-refractivity contribution in [2.24, 2.45) is 5.92 Å². The molecule has 3 heterocycles. The summed E-state index contributed by atoms with van der Waals surface area (Å²) >= 11 is 0. The first-order chi connectivity index (χ1) is 14.4. The number of hydrogen-bond donors (Lipinski definition) is 0. The molecule has 1 saturated heterocycles. The number of ether oxygens (including phenoxy) is 1. The van der Waals surface area contributed by atoms with Crippen molar-refractivity contribution in [2.75, 3.05) is 6.54 Å². The van der Waals surface area contributed by atoms with Gasteiger partial charge in [0.2, 0.25) is 5.91 Å². The number of amides is 1. The zero-order valence-electron chi connectivity index (χ0n) is 16.9. The lowest BCUT2D eigenvalue weighted by Gasteiger charge is -2.25. The molecule has 1 fully saturated rings. The zero-order chi connectivity index (χ0) is 21.3. The van der Waals surface area contributed by atoms with E-state index in [0.29, 0.717) is 17.9 Å². The summed E-state index contributed by atoms with van der Waals surface area (Å²) < 4.78 is 6.90. The number of pyridine rings is 1. The zero-order valence-corrected chi connectivity index (χ0v) is 16.9. The Morgan fingerprint density at radius 2 is 1.93 bits per heavy atom. The minimum absolute atomic E-state index is 0.0640. The minimum atomic E-state index is -0.521. The van der Waals surface area contributed by atoms with E-state index >= 15 is 0 Å². The van der Waals surface area contributed by atoms with Crippen molar-refractivity contribution in [2.45, 2.75) is 32.9 Å². The molecule has 0 spiro atoms. The molecule has 7 heteroatoms. The highest BCUT2D eigenvalue weighted by molar-refractivity contribution is 5.87. The van der Waals surface area contributed by atoms with Crippen LogP contribution in [0.5, 0.6) is 0 Å². The third kappa shape index (κ3) is 3.83. The van der Waals surface area contributed by atoms with Crippen LogP contribution in [0, 0.1) is 12.8 Å². The van der Waals surface area contributed by atoms with Crippen LogP contribution in [-0.2, 0) is 20.9 Å². The number of fused-ring (bicyclic) bond motifs is 1. The maximum absolute atomic E-state index is 12.6. The molecule has 0 N–H and O–H groups in total. The molecule has 0 aliphatic carbocycles. The Hall–Kier alpha value is -3.48. The van der Waals surface area contributed by atoms with Crippen molar-refractivity contribution in [3.63, 3.8) is 0 Å². The lowest BCUT2D eigenvalue weighted by atomic mass is 10.1. The van der Waals surface area contributed by atoms with E-state index in [1.54, 1.807) is 11.0 Å². The quantitative estimate of drug-likeness (QED) is 0.610. The van der Waals surface area contributed by atoms with Gasteiger partial charge < -0.3 is 9.64 Å². The van der Waals surface area contributed by atoms with Gasteiger partial charge in [-0.15, -0.1) is 0 Å². The third-order valence-corrected chi connectivity index (χ3v) is 5.54. The number of aryl methyl sites for hydroxylation is 1. The number of benzene rings is 1. The lowest BCUT2D eigenvalue weighted by molar-refractivity contribution is -0.149. The maximum Gasteiger partial charge on any atom is 0.311 e. The predicted octanol–water partition coefficient (Wildman–Crippen LogP) is 2.66. The van der Waals surface area contributed by atoms with Crippen LogP contribution < -0.4 is 5.56 Å². The van der Waals surface area contributed by atoms with Gasteiger partial charge in [-0.25, -0.2) is 4.98 Å². The summed E-state index contributed by atoms with van der Waals surface area (Å²) in [6.07, 6.45) is 0.128. The number of rotatable bonds is 5. The van der Waals surface area contributed by atoms with Crippen LogP contribution in [0.2, 0.25) is 0 Å². The molecule has 0 saturated carbocycles. The number of esters is 1. The summed E-state index contributed by atoms with van der Waals surface area (Å²) in [5.74, 6) is -1.03. The molecule has 0 bridgehead atoms. The molecule has 2 aromatic heterocycles. The van der Waals surface area contributed by atoms with Gasteiger partial charge in [-0.3, -0.25) is 18.8 Å². The standard InChI is InChI=1S/C23H23N3O4/c1-15-7-6-10-20-24-19(12-22(28)26(15)20)14-30-23(29)18-11-21(27)25(13-18)16(2)17-8-4-3-5-9-17/h3-10,12,16,18H,11,13-14H2,1-2H3/t16-,18-/m1/s1. The Bertz CT molecular complexity index is 1160. The summed E-state index contributed by atoms with van der Waals surface area (Å²) in [6.45, 7) is 4.00. The SMILES string of the molecule is Cc1cccc2nc(COC(=O)[C@@H]3CC(=O)N([C@H](C)c4ccccc4)C3)cc(=O)n12. The van der Waals surface area contributed by atoms with Crippen LogP contribution in [0.1, 0.15) is 36.3 Å². The van der Waals surface area contributed by atoms with Crippen LogP contribution >= 0.6 is 0 Å². The number of nitrogens with zero attached hydrogens (tertiary/aromatic N) is 3. The molecule has 0 radical (unpaired) electrons. The van der Waals surface area contributed by atoms with Crippen molar-refractivity contribution < 1.29 is 14.3 Å². The fraction of sp³-hybridized carbons (Fsp3) is 0.304. The first-order valence-electron chi connectivity index (χ1n) is 9.93. The summed E-state index contributed by atoms with van der Waals surface area (Å²) in [5, 5.41) is 0. The fourth-order valence-corrected chi connectivity index (χ4v) is 3.88. The average Bonchev–Trinajstić information content (AvgIpc) is 3.13. The van der Waals surface area contributed by atoms with Gasteiger partial charge in [0, 0.05) is 24.7 Å². The average molecular weight is 405 g/mol. The highest BCUT2D eigenvalue weighted by Crippen LogP contribution is 2.29. The molecule has 0 unspecified atom stereocenters. The normalized spacial score (nSPS) is 17.3. The Morgan fingerprint density at radius 3 is 2.70 bits per heavy atom. The van der Waals surface area contributed by atoms with Crippen molar-refractivity contribution in [3.05, 3.63) is 81.9 Å². The largest absolute Gasteiger partial charge is 0.459 e. The van der Waals surface area contributed by atoms with Gasteiger partial charge in [0.15, 0.2) is 0 Å². The first-order valence-corrected chi connectivity index (χ1v) is 9.93. The molecule has 1 amide bonds. The smallest absolute Gasteiger partial charge is 0.311 e. The van der Waals surface area contributed by atoms with Crippen LogP contribution in [0.3, 0.4) is 0 Å². The van der Waals surface area contributed by atoms with E-state index in [-0.39, 0.29) is 30.5 Å². The van der Waals surface area contributed by atoms with Crippen molar-refractivity contribution in [1.82, 2.24) is 14.3 Å². The van der Waals surface area contributed by atoms with E-state index in [1.807, 2.05) is 56.3 Å². The summed E-state index contributed by atoms with van der Waals surface area (Å²) in [4.78, 5) is 43.5.